The number of aromatic nitrogens is 2. The van der Waals surface area contributed by atoms with Gasteiger partial charge in [0.1, 0.15) is 17.6 Å². The number of ketones is 1. The predicted molar refractivity (Wildman–Crippen MR) is 137 cm³/mol. The van der Waals surface area contributed by atoms with Gasteiger partial charge in [0.05, 0.1) is 0 Å². The van der Waals surface area contributed by atoms with Crippen LogP contribution in [0.25, 0.3) is 5.69 Å². The Morgan fingerprint density at radius 3 is 2.66 bits per heavy atom. The van der Waals surface area contributed by atoms with Gasteiger partial charge in [-0.05, 0) is 54.7 Å². The van der Waals surface area contributed by atoms with Gasteiger partial charge in [-0.2, -0.15) is 0 Å². The van der Waals surface area contributed by atoms with Crippen LogP contribution in [-0.2, 0) is 38.6 Å². The Bertz CT molecular complexity index is 1400. The van der Waals surface area contributed by atoms with Crippen LogP contribution >= 0.6 is 0 Å². The lowest BCUT2D eigenvalue weighted by molar-refractivity contribution is -0.137. The van der Waals surface area contributed by atoms with Crippen molar-refractivity contribution in [2.45, 2.75) is 51.6 Å². The average Bonchev–Trinajstić information content (AvgIpc) is 3.46. The van der Waals surface area contributed by atoms with Crippen LogP contribution in [0.15, 0.2) is 54.9 Å². The number of hydrogen-bond acceptors (Lipinski definition) is 6. The number of aryl methyl sites for hydroxylation is 2. The molecular weight excluding hydrogens is 488 g/mol. The number of nitrogens with zero attached hydrogens (tertiary/aromatic N) is 3. The highest BCUT2D eigenvalue weighted by molar-refractivity contribution is 6.05. The molecule has 196 valence electrons. The Morgan fingerprint density at radius 2 is 1.95 bits per heavy atom. The highest BCUT2D eigenvalue weighted by atomic mass is 16.3. The molecule has 0 saturated carbocycles. The van der Waals surface area contributed by atoms with E-state index in [4.69, 9.17) is 9.90 Å². The van der Waals surface area contributed by atoms with E-state index in [2.05, 4.69) is 10.3 Å². The molecule has 1 fully saturated rings. The number of fused-ring (bicyclic) bond motifs is 1. The van der Waals surface area contributed by atoms with E-state index in [1.165, 1.54) is 4.90 Å². The van der Waals surface area contributed by atoms with E-state index < -0.39 is 11.9 Å². The molecule has 0 aliphatic carbocycles. The van der Waals surface area contributed by atoms with Crippen LogP contribution in [-0.4, -0.2) is 55.6 Å². The lowest BCUT2D eigenvalue weighted by Gasteiger charge is -2.29. The first-order valence-corrected chi connectivity index (χ1v) is 12.3. The molecule has 2 N–H and O–H groups in total. The Hall–Kier alpha value is -4.60. The van der Waals surface area contributed by atoms with Crippen LogP contribution in [0.1, 0.15) is 52.1 Å². The van der Waals surface area contributed by atoms with E-state index in [9.17, 15) is 19.2 Å². The summed E-state index contributed by atoms with van der Waals surface area (Å²) < 4.78 is 1.98. The first-order chi connectivity index (χ1) is 18.3. The quantitative estimate of drug-likeness (QED) is 0.363. The van der Waals surface area contributed by atoms with Crippen LogP contribution in [0.2, 0.25) is 0 Å². The Labute approximate surface area is 219 Å². The summed E-state index contributed by atoms with van der Waals surface area (Å²) in [4.78, 5) is 63.4. The third-order valence-corrected chi connectivity index (χ3v) is 6.70. The maximum atomic E-state index is 12.8. The van der Waals surface area contributed by atoms with Crippen molar-refractivity contribution >= 4 is 30.0 Å². The number of imidazole rings is 1. The number of Topliss-reactive ketones (excluding diaryl/α,β-unsaturated/α-hetero) is 1. The number of piperidine rings is 1. The van der Waals surface area contributed by atoms with Gasteiger partial charge in [-0.15, -0.1) is 0 Å². The van der Waals surface area contributed by atoms with E-state index in [1.54, 1.807) is 12.3 Å². The second-order valence-electron chi connectivity index (χ2n) is 9.23. The van der Waals surface area contributed by atoms with Crippen LogP contribution in [0.4, 0.5) is 0 Å². The second-order valence-corrected chi connectivity index (χ2v) is 9.23. The van der Waals surface area contributed by atoms with E-state index >= 15 is 0 Å². The number of carbonyl (C=O) groups excluding carboxylic acids is 4. The summed E-state index contributed by atoms with van der Waals surface area (Å²) in [5.41, 5.74) is 4.36. The summed E-state index contributed by atoms with van der Waals surface area (Å²) in [6.45, 7) is 2.02. The molecule has 2 aliphatic heterocycles. The summed E-state index contributed by atoms with van der Waals surface area (Å²) >= 11 is 0. The van der Waals surface area contributed by atoms with E-state index in [-0.39, 0.29) is 30.5 Å². The summed E-state index contributed by atoms with van der Waals surface area (Å²) in [7, 11) is 0. The smallest absolute Gasteiger partial charge is 0.290 e. The highest BCUT2D eigenvalue weighted by Gasteiger charge is 2.39. The lowest BCUT2D eigenvalue weighted by Crippen LogP contribution is -2.52. The van der Waals surface area contributed by atoms with Gasteiger partial charge < -0.3 is 14.6 Å². The topological polar surface area (TPSA) is 139 Å². The number of benzene rings is 2. The molecule has 10 nitrogen and oxygen atoms in total. The van der Waals surface area contributed by atoms with Crippen molar-refractivity contribution in [1.82, 2.24) is 19.8 Å². The molecule has 0 spiro atoms. The molecule has 1 saturated heterocycles. The molecule has 38 heavy (non-hydrogen) atoms. The molecule has 10 heteroatoms. The molecule has 0 bridgehead atoms. The largest absolute Gasteiger partial charge is 0.483 e. The average molecular weight is 517 g/mol. The normalized spacial score (nSPS) is 16.4. The van der Waals surface area contributed by atoms with Gasteiger partial charge in [-0.25, -0.2) is 4.98 Å². The van der Waals surface area contributed by atoms with Crippen LogP contribution in [0.5, 0.6) is 0 Å². The monoisotopic (exact) mass is 516 g/mol. The van der Waals surface area contributed by atoms with Crippen molar-refractivity contribution in [2.75, 3.05) is 0 Å². The van der Waals surface area contributed by atoms with Gasteiger partial charge in [0, 0.05) is 49.5 Å². The Morgan fingerprint density at radius 1 is 1.16 bits per heavy atom. The zero-order valence-corrected chi connectivity index (χ0v) is 20.9. The molecule has 3 aromatic rings. The minimum absolute atomic E-state index is 0.145. The zero-order chi connectivity index (χ0) is 27.2. The number of carboxylic acid groups (broad SMARTS) is 1. The minimum Gasteiger partial charge on any atom is -0.483 e. The fourth-order valence-electron chi connectivity index (χ4n) is 4.85. The predicted octanol–water partition coefficient (Wildman–Crippen LogP) is 2.39. The van der Waals surface area contributed by atoms with Crippen LogP contribution < -0.4 is 5.32 Å². The molecule has 5 rings (SSSR count). The standard InChI is InChI=1S/C27H26N4O4.CH2O2/c1-17-28-11-12-30(17)21-4-2-3-19(14-21)15-22(32)7-5-18-6-8-23-20(13-18)16-31(27(23)35)24-9-10-25(33)29-26(24)34;2-1-3/h2-4,6,8,11-14,24H,5,7,9-10,15-16H2,1H3,(H,29,33,34);1H,(H,2,3). The van der Waals surface area contributed by atoms with Crippen molar-refractivity contribution in [3.05, 3.63) is 82.9 Å². The van der Waals surface area contributed by atoms with Gasteiger partial charge in [0.2, 0.25) is 11.8 Å². The highest BCUT2D eigenvalue weighted by Crippen LogP contribution is 2.28. The third kappa shape index (κ3) is 5.86. The lowest BCUT2D eigenvalue weighted by atomic mass is 9.99. The van der Waals surface area contributed by atoms with Crippen molar-refractivity contribution in [1.29, 1.82) is 0 Å². The van der Waals surface area contributed by atoms with Crippen molar-refractivity contribution in [3.8, 4) is 5.69 Å². The van der Waals surface area contributed by atoms with E-state index in [0.29, 0.717) is 37.8 Å². The van der Waals surface area contributed by atoms with Crippen molar-refractivity contribution in [3.63, 3.8) is 0 Å². The Kier molecular flexibility index (Phi) is 8.10. The van der Waals surface area contributed by atoms with Crippen LogP contribution in [0.3, 0.4) is 0 Å². The number of nitrogens with one attached hydrogen (secondary N) is 1. The van der Waals surface area contributed by atoms with Crippen LogP contribution in [0, 0.1) is 6.92 Å². The van der Waals surface area contributed by atoms with Gasteiger partial charge in [-0.1, -0.05) is 24.3 Å². The first kappa shape index (κ1) is 26.5. The minimum atomic E-state index is -0.625. The molecule has 2 aromatic carbocycles. The van der Waals surface area contributed by atoms with Gasteiger partial charge in [0.25, 0.3) is 12.4 Å². The Balaban J connectivity index is 0.00000107. The van der Waals surface area contributed by atoms with Crippen molar-refractivity contribution < 1.29 is 29.1 Å². The molecule has 1 atom stereocenters. The summed E-state index contributed by atoms with van der Waals surface area (Å²) in [6, 6.07) is 12.9. The molecule has 1 unspecified atom stereocenters. The zero-order valence-electron chi connectivity index (χ0n) is 20.9. The summed E-state index contributed by atoms with van der Waals surface area (Å²) in [6.07, 6.45) is 5.56. The molecule has 3 heterocycles. The molecule has 2 aliphatic rings. The number of rotatable bonds is 7. The summed E-state index contributed by atoms with van der Waals surface area (Å²) in [5.74, 6) is 0.127. The fraction of sp³-hybridized carbons (Fsp3) is 0.286. The number of hydrogen-bond donors (Lipinski definition) is 2. The maximum Gasteiger partial charge on any atom is 0.290 e. The number of carbonyl (C=O) groups is 5. The SMILES string of the molecule is Cc1nccn1-c1cccc(CC(=O)CCc2ccc3c(c2)CN(C2CCC(=O)NC2=O)C3=O)c1.O=CO. The molecular formula is C28H28N4O6. The van der Waals surface area contributed by atoms with E-state index in [0.717, 1.165) is 28.2 Å². The second kappa shape index (κ2) is 11.6. The third-order valence-electron chi connectivity index (χ3n) is 6.70. The number of imide groups is 1. The fourth-order valence-corrected chi connectivity index (χ4v) is 4.85. The van der Waals surface area contributed by atoms with Gasteiger partial charge in [-0.3, -0.25) is 29.3 Å². The van der Waals surface area contributed by atoms with Gasteiger partial charge in [0.15, 0.2) is 0 Å². The molecule has 0 radical (unpaired) electrons. The first-order valence-electron chi connectivity index (χ1n) is 12.3. The molecule has 3 amide bonds. The summed E-state index contributed by atoms with van der Waals surface area (Å²) in [5, 5.41) is 9.21. The maximum absolute atomic E-state index is 12.8. The molecule has 1 aromatic heterocycles. The van der Waals surface area contributed by atoms with Gasteiger partial charge >= 0.3 is 0 Å². The number of amides is 3. The van der Waals surface area contributed by atoms with Crippen molar-refractivity contribution in [2.24, 2.45) is 0 Å². The van der Waals surface area contributed by atoms with E-state index in [1.807, 2.05) is 54.1 Å².